The fraction of sp³-hybridized carbons (Fsp3) is 0.636. The van der Waals surface area contributed by atoms with Crippen LogP contribution in [0.25, 0.3) is 0 Å². The number of halogens is 3. The molecule has 1 rings (SSSR count). The predicted octanol–water partition coefficient (Wildman–Crippen LogP) is 2.29. The first-order chi connectivity index (χ1) is 8.76. The van der Waals surface area contributed by atoms with Gasteiger partial charge >= 0.3 is 12.1 Å². The Morgan fingerprint density at radius 3 is 2.63 bits per heavy atom. The largest absolute Gasteiger partial charge is 0.461 e. The molecule has 1 aromatic heterocycles. The molecule has 0 saturated heterocycles. The van der Waals surface area contributed by atoms with Gasteiger partial charge in [0.15, 0.2) is 5.69 Å². The molecule has 0 aliphatic carbocycles. The van der Waals surface area contributed by atoms with Crippen LogP contribution in [0.4, 0.5) is 19.0 Å². The molecule has 0 aliphatic heterocycles. The Kier molecular flexibility index (Phi) is 4.79. The average molecular weight is 279 g/mol. The molecule has 0 fully saturated rings. The molecular weight excluding hydrogens is 263 g/mol. The smallest absolute Gasteiger partial charge is 0.389 e. The third-order valence-corrected chi connectivity index (χ3v) is 2.51. The van der Waals surface area contributed by atoms with Gasteiger partial charge in [0.2, 0.25) is 0 Å². The SMILES string of the molecule is CCOC(=O)c1nc(C)n(CCCC(F)(F)F)c1N. The van der Waals surface area contributed by atoms with Crippen molar-refractivity contribution in [1.82, 2.24) is 9.55 Å². The van der Waals surface area contributed by atoms with Crippen LogP contribution in [0.5, 0.6) is 0 Å². The molecule has 2 N–H and O–H groups in total. The molecule has 1 aromatic rings. The highest BCUT2D eigenvalue weighted by atomic mass is 19.4. The second-order valence-corrected chi connectivity index (χ2v) is 3.98. The van der Waals surface area contributed by atoms with Crippen LogP contribution in [-0.4, -0.2) is 28.3 Å². The molecule has 0 spiro atoms. The van der Waals surface area contributed by atoms with Crippen molar-refractivity contribution in [2.75, 3.05) is 12.3 Å². The summed E-state index contributed by atoms with van der Waals surface area (Å²) in [4.78, 5) is 15.4. The molecule has 108 valence electrons. The number of nitrogens with two attached hydrogens (primary N) is 1. The highest BCUT2D eigenvalue weighted by Gasteiger charge is 2.27. The van der Waals surface area contributed by atoms with E-state index >= 15 is 0 Å². The van der Waals surface area contributed by atoms with Crippen LogP contribution in [-0.2, 0) is 11.3 Å². The molecule has 0 atom stereocenters. The minimum atomic E-state index is -4.20. The number of anilines is 1. The number of alkyl halides is 3. The Balaban J connectivity index is 2.77. The molecule has 0 saturated carbocycles. The normalized spacial score (nSPS) is 11.6. The second kappa shape index (κ2) is 5.94. The van der Waals surface area contributed by atoms with Crippen LogP contribution in [0, 0.1) is 6.92 Å². The maximum Gasteiger partial charge on any atom is 0.389 e. The van der Waals surface area contributed by atoms with Gasteiger partial charge in [-0.15, -0.1) is 0 Å². The van der Waals surface area contributed by atoms with E-state index in [-0.39, 0.29) is 31.1 Å². The van der Waals surface area contributed by atoms with E-state index in [9.17, 15) is 18.0 Å². The Morgan fingerprint density at radius 1 is 1.47 bits per heavy atom. The van der Waals surface area contributed by atoms with E-state index in [1.807, 2.05) is 0 Å². The van der Waals surface area contributed by atoms with Crippen LogP contribution in [0.15, 0.2) is 0 Å². The first-order valence-electron chi connectivity index (χ1n) is 5.82. The van der Waals surface area contributed by atoms with Gasteiger partial charge in [0.05, 0.1) is 6.61 Å². The summed E-state index contributed by atoms with van der Waals surface area (Å²) < 4.78 is 42.3. The molecule has 0 amide bonds. The average Bonchev–Trinajstić information content (AvgIpc) is 2.55. The van der Waals surface area contributed by atoms with Crippen molar-refractivity contribution < 1.29 is 22.7 Å². The highest BCUT2D eigenvalue weighted by Crippen LogP contribution is 2.23. The summed E-state index contributed by atoms with van der Waals surface area (Å²) in [6, 6.07) is 0. The number of rotatable bonds is 5. The Bertz CT molecular complexity index is 455. The summed E-state index contributed by atoms with van der Waals surface area (Å²) in [5, 5.41) is 0. The van der Waals surface area contributed by atoms with Gasteiger partial charge in [0, 0.05) is 13.0 Å². The van der Waals surface area contributed by atoms with E-state index in [0.29, 0.717) is 5.82 Å². The maximum atomic E-state index is 12.1. The van der Waals surface area contributed by atoms with Gasteiger partial charge in [0.25, 0.3) is 0 Å². The fourth-order valence-corrected chi connectivity index (χ4v) is 1.65. The Morgan fingerprint density at radius 2 is 2.11 bits per heavy atom. The van der Waals surface area contributed by atoms with Crippen molar-refractivity contribution in [2.24, 2.45) is 0 Å². The number of imidazole rings is 1. The van der Waals surface area contributed by atoms with Gasteiger partial charge in [-0.05, 0) is 20.3 Å². The number of nitrogen functional groups attached to an aromatic ring is 1. The standard InChI is InChI=1S/C11H16F3N3O2/c1-3-19-10(18)8-9(15)17(7(2)16-8)6-4-5-11(12,13)14/h3-6,15H2,1-2H3. The molecule has 0 aromatic carbocycles. The maximum absolute atomic E-state index is 12.1. The molecular formula is C11H16F3N3O2. The first kappa shape index (κ1) is 15.3. The number of nitrogens with zero attached hydrogens (tertiary/aromatic N) is 2. The summed E-state index contributed by atoms with van der Waals surface area (Å²) in [6.45, 7) is 3.45. The lowest BCUT2D eigenvalue weighted by Crippen LogP contribution is -2.12. The molecule has 0 bridgehead atoms. The molecule has 5 nitrogen and oxygen atoms in total. The predicted molar refractivity (Wildman–Crippen MR) is 62.6 cm³/mol. The van der Waals surface area contributed by atoms with Gasteiger partial charge in [-0.25, -0.2) is 9.78 Å². The van der Waals surface area contributed by atoms with Crippen molar-refractivity contribution in [3.8, 4) is 0 Å². The number of hydrogen-bond donors (Lipinski definition) is 1. The van der Waals surface area contributed by atoms with Crippen molar-refractivity contribution >= 4 is 11.8 Å². The number of esters is 1. The fourth-order valence-electron chi connectivity index (χ4n) is 1.65. The lowest BCUT2D eigenvalue weighted by molar-refractivity contribution is -0.135. The number of hydrogen-bond acceptors (Lipinski definition) is 4. The minimum Gasteiger partial charge on any atom is -0.461 e. The minimum absolute atomic E-state index is 0.0399. The molecule has 1 heterocycles. The van der Waals surface area contributed by atoms with Crippen molar-refractivity contribution in [3.63, 3.8) is 0 Å². The summed E-state index contributed by atoms with van der Waals surface area (Å²) in [5.41, 5.74) is 5.65. The van der Waals surface area contributed by atoms with Gasteiger partial charge in [-0.3, -0.25) is 0 Å². The van der Waals surface area contributed by atoms with Crippen LogP contribution >= 0.6 is 0 Å². The number of carbonyl (C=O) groups excluding carboxylic acids is 1. The van der Waals surface area contributed by atoms with Gasteiger partial charge in [0.1, 0.15) is 11.6 Å². The van der Waals surface area contributed by atoms with E-state index in [4.69, 9.17) is 10.5 Å². The van der Waals surface area contributed by atoms with Crippen LogP contribution in [0.1, 0.15) is 36.1 Å². The molecule has 0 unspecified atom stereocenters. The number of aryl methyl sites for hydroxylation is 1. The lowest BCUT2D eigenvalue weighted by atomic mass is 10.3. The lowest BCUT2D eigenvalue weighted by Gasteiger charge is -2.09. The van der Waals surface area contributed by atoms with Crippen molar-refractivity contribution in [3.05, 3.63) is 11.5 Å². The van der Waals surface area contributed by atoms with Crippen molar-refractivity contribution in [2.45, 2.75) is 39.4 Å². The third-order valence-electron chi connectivity index (χ3n) is 2.51. The third kappa shape index (κ3) is 4.15. The number of carbonyl (C=O) groups is 1. The van der Waals surface area contributed by atoms with Gasteiger partial charge in [-0.2, -0.15) is 13.2 Å². The summed E-state index contributed by atoms with van der Waals surface area (Å²) in [6.07, 6.45) is -5.22. The van der Waals surface area contributed by atoms with E-state index in [2.05, 4.69) is 4.98 Å². The first-order valence-corrected chi connectivity index (χ1v) is 5.82. The molecule has 0 radical (unpaired) electrons. The van der Waals surface area contributed by atoms with Gasteiger partial charge in [-0.1, -0.05) is 0 Å². The summed E-state index contributed by atoms with van der Waals surface area (Å²) >= 11 is 0. The van der Waals surface area contributed by atoms with E-state index in [1.165, 1.54) is 4.57 Å². The molecule has 19 heavy (non-hydrogen) atoms. The topological polar surface area (TPSA) is 70.1 Å². The van der Waals surface area contributed by atoms with E-state index in [0.717, 1.165) is 0 Å². The summed E-state index contributed by atoms with van der Waals surface area (Å²) in [7, 11) is 0. The van der Waals surface area contributed by atoms with E-state index < -0.39 is 18.6 Å². The highest BCUT2D eigenvalue weighted by molar-refractivity contribution is 5.92. The Labute approximate surface area is 108 Å². The zero-order valence-electron chi connectivity index (χ0n) is 10.8. The van der Waals surface area contributed by atoms with Gasteiger partial charge < -0.3 is 15.0 Å². The molecule has 8 heteroatoms. The van der Waals surface area contributed by atoms with Crippen LogP contribution in [0.2, 0.25) is 0 Å². The second-order valence-electron chi connectivity index (χ2n) is 3.98. The molecule has 0 aliphatic rings. The monoisotopic (exact) mass is 279 g/mol. The number of ether oxygens (including phenoxy) is 1. The quantitative estimate of drug-likeness (QED) is 0.839. The Hall–Kier alpha value is -1.73. The van der Waals surface area contributed by atoms with Crippen LogP contribution in [0.3, 0.4) is 0 Å². The van der Waals surface area contributed by atoms with Crippen LogP contribution < -0.4 is 5.73 Å². The van der Waals surface area contributed by atoms with Crippen molar-refractivity contribution in [1.29, 1.82) is 0 Å². The van der Waals surface area contributed by atoms with E-state index in [1.54, 1.807) is 13.8 Å². The zero-order valence-corrected chi connectivity index (χ0v) is 10.8. The number of aromatic nitrogens is 2. The zero-order chi connectivity index (χ0) is 14.6. The summed E-state index contributed by atoms with van der Waals surface area (Å²) in [5.74, 6) is -0.237.